The van der Waals surface area contributed by atoms with Gasteiger partial charge in [0.15, 0.2) is 0 Å². The average molecular weight is 302 g/mol. The third kappa shape index (κ3) is 14.1. The molecule has 0 fully saturated rings. The smallest absolute Gasteiger partial charge is 0.224 e. The Morgan fingerprint density at radius 3 is 2.14 bits per heavy atom. The Morgan fingerprint density at radius 1 is 0.952 bits per heavy atom. The number of carbonyl (C=O) groups is 1. The van der Waals surface area contributed by atoms with Gasteiger partial charge in [0, 0.05) is 20.1 Å². The van der Waals surface area contributed by atoms with Gasteiger partial charge in [-0.1, -0.05) is 13.8 Å². The van der Waals surface area contributed by atoms with Crippen LogP contribution in [0.4, 0.5) is 0 Å². The first-order valence-corrected chi connectivity index (χ1v) is 7.97. The maximum absolute atomic E-state index is 11.8. The van der Waals surface area contributed by atoms with Crippen LogP contribution in [0.3, 0.4) is 0 Å². The largest absolute Gasteiger partial charge is 0.379 e. The normalized spacial score (nSPS) is 11.4. The fourth-order valence-electron chi connectivity index (χ4n) is 1.78. The molecule has 5 heteroatoms. The van der Waals surface area contributed by atoms with E-state index in [2.05, 4.69) is 18.7 Å². The third-order valence-electron chi connectivity index (χ3n) is 3.22. The number of hydrogen-bond acceptors (Lipinski definition) is 4. The molecule has 1 amide bonds. The molecular formula is C16H34N2O3. The maximum atomic E-state index is 11.8. The maximum Gasteiger partial charge on any atom is 0.224 e. The lowest BCUT2D eigenvalue weighted by atomic mass is 10.1. The number of amides is 1. The van der Waals surface area contributed by atoms with Gasteiger partial charge in [-0.15, -0.1) is 0 Å². The van der Waals surface area contributed by atoms with Gasteiger partial charge in [0.2, 0.25) is 5.91 Å². The summed E-state index contributed by atoms with van der Waals surface area (Å²) in [4.78, 5) is 15.7. The molecule has 0 aromatic carbocycles. The minimum Gasteiger partial charge on any atom is -0.379 e. The summed E-state index contributed by atoms with van der Waals surface area (Å²) in [5.41, 5.74) is 0. The molecule has 0 aromatic rings. The van der Waals surface area contributed by atoms with Gasteiger partial charge in [-0.05, 0) is 32.9 Å². The van der Waals surface area contributed by atoms with Gasteiger partial charge in [-0.3, -0.25) is 4.79 Å². The lowest BCUT2D eigenvalue weighted by molar-refractivity contribution is -0.131. The van der Waals surface area contributed by atoms with Crippen LogP contribution in [0.2, 0.25) is 0 Å². The van der Waals surface area contributed by atoms with Gasteiger partial charge >= 0.3 is 0 Å². The first-order valence-electron chi connectivity index (χ1n) is 7.97. The van der Waals surface area contributed by atoms with Crippen molar-refractivity contribution >= 4 is 5.91 Å². The topological polar surface area (TPSA) is 42.0 Å². The van der Waals surface area contributed by atoms with Crippen LogP contribution >= 0.6 is 0 Å². The van der Waals surface area contributed by atoms with Crippen LogP contribution in [0.5, 0.6) is 0 Å². The van der Waals surface area contributed by atoms with E-state index in [0.29, 0.717) is 38.8 Å². The zero-order chi connectivity index (χ0) is 16.1. The van der Waals surface area contributed by atoms with Crippen molar-refractivity contribution in [3.05, 3.63) is 0 Å². The second-order valence-electron chi connectivity index (χ2n) is 6.13. The van der Waals surface area contributed by atoms with Gasteiger partial charge in [-0.2, -0.15) is 0 Å². The molecule has 0 N–H and O–H groups in total. The SMILES string of the molecule is CC(C)CCCN(C)C(=O)CCOCCOCCN(C)C. The van der Waals surface area contributed by atoms with E-state index < -0.39 is 0 Å². The van der Waals surface area contributed by atoms with Crippen LogP contribution in [0, 0.1) is 5.92 Å². The summed E-state index contributed by atoms with van der Waals surface area (Å²) in [6.07, 6.45) is 2.69. The summed E-state index contributed by atoms with van der Waals surface area (Å²) in [5, 5.41) is 0. The van der Waals surface area contributed by atoms with E-state index in [-0.39, 0.29) is 5.91 Å². The number of carbonyl (C=O) groups excluding carboxylic acids is 1. The van der Waals surface area contributed by atoms with Gasteiger partial charge < -0.3 is 19.3 Å². The first-order chi connectivity index (χ1) is 9.93. The van der Waals surface area contributed by atoms with Crippen LogP contribution < -0.4 is 0 Å². The zero-order valence-electron chi connectivity index (χ0n) is 14.6. The van der Waals surface area contributed by atoms with Crippen LogP contribution in [-0.4, -0.2) is 76.4 Å². The van der Waals surface area contributed by atoms with Crippen LogP contribution in [0.15, 0.2) is 0 Å². The van der Waals surface area contributed by atoms with E-state index in [0.717, 1.165) is 19.5 Å². The Balaban J connectivity index is 3.40. The highest BCUT2D eigenvalue weighted by Crippen LogP contribution is 2.04. The van der Waals surface area contributed by atoms with Crippen LogP contribution in [-0.2, 0) is 14.3 Å². The molecule has 0 bridgehead atoms. The second-order valence-corrected chi connectivity index (χ2v) is 6.13. The molecule has 0 atom stereocenters. The van der Waals surface area contributed by atoms with Gasteiger partial charge in [0.05, 0.1) is 32.8 Å². The first kappa shape index (κ1) is 20.3. The predicted octanol–water partition coefficient (Wildman–Crippen LogP) is 1.87. The van der Waals surface area contributed by atoms with E-state index in [4.69, 9.17) is 9.47 Å². The highest BCUT2D eigenvalue weighted by atomic mass is 16.5. The lowest BCUT2D eigenvalue weighted by Gasteiger charge is -2.17. The van der Waals surface area contributed by atoms with Crippen molar-refractivity contribution < 1.29 is 14.3 Å². The van der Waals surface area contributed by atoms with Crippen molar-refractivity contribution in [3.8, 4) is 0 Å². The molecule has 5 nitrogen and oxygen atoms in total. The highest BCUT2D eigenvalue weighted by Gasteiger charge is 2.08. The third-order valence-corrected chi connectivity index (χ3v) is 3.22. The van der Waals surface area contributed by atoms with Crippen molar-refractivity contribution in [1.82, 2.24) is 9.80 Å². The van der Waals surface area contributed by atoms with Crippen molar-refractivity contribution in [2.75, 3.05) is 60.7 Å². The Labute approximate surface area is 130 Å². The summed E-state index contributed by atoms with van der Waals surface area (Å²) < 4.78 is 10.8. The molecule has 126 valence electrons. The quantitative estimate of drug-likeness (QED) is 0.487. The molecule has 0 rings (SSSR count). The summed E-state index contributed by atoms with van der Waals surface area (Å²) in [5.74, 6) is 0.858. The van der Waals surface area contributed by atoms with E-state index in [1.807, 2.05) is 21.1 Å². The highest BCUT2D eigenvalue weighted by molar-refractivity contribution is 5.75. The number of hydrogen-bond donors (Lipinski definition) is 0. The Hall–Kier alpha value is -0.650. The average Bonchev–Trinajstić information content (AvgIpc) is 2.40. The van der Waals surface area contributed by atoms with E-state index >= 15 is 0 Å². The standard InChI is InChI=1S/C16H34N2O3/c1-15(2)7-6-9-18(5)16(19)8-11-20-13-14-21-12-10-17(3)4/h15H,6-14H2,1-5H3. The van der Waals surface area contributed by atoms with Crippen molar-refractivity contribution in [2.24, 2.45) is 5.92 Å². The molecule has 0 radical (unpaired) electrons. The van der Waals surface area contributed by atoms with E-state index in [9.17, 15) is 4.79 Å². The summed E-state index contributed by atoms with van der Waals surface area (Å²) in [6.45, 7) is 8.50. The minimum absolute atomic E-state index is 0.160. The van der Waals surface area contributed by atoms with Gasteiger partial charge in [0.25, 0.3) is 0 Å². The fourth-order valence-corrected chi connectivity index (χ4v) is 1.78. The molecule has 0 spiro atoms. The number of rotatable bonds is 13. The van der Waals surface area contributed by atoms with Crippen LogP contribution in [0.1, 0.15) is 33.1 Å². The Morgan fingerprint density at radius 2 is 1.57 bits per heavy atom. The minimum atomic E-state index is 0.160. The van der Waals surface area contributed by atoms with Crippen molar-refractivity contribution in [3.63, 3.8) is 0 Å². The number of nitrogens with zero attached hydrogens (tertiary/aromatic N) is 2. The monoisotopic (exact) mass is 302 g/mol. The second kappa shape index (κ2) is 13.0. The molecule has 21 heavy (non-hydrogen) atoms. The number of likely N-dealkylation sites (N-methyl/N-ethyl adjacent to an activating group) is 1. The molecule has 0 heterocycles. The molecule has 0 aromatic heterocycles. The lowest BCUT2D eigenvalue weighted by Crippen LogP contribution is -2.28. The van der Waals surface area contributed by atoms with E-state index in [1.165, 1.54) is 6.42 Å². The molecule has 0 aliphatic rings. The van der Waals surface area contributed by atoms with Gasteiger partial charge in [-0.25, -0.2) is 0 Å². The molecule has 0 saturated carbocycles. The van der Waals surface area contributed by atoms with Gasteiger partial charge in [0.1, 0.15) is 0 Å². The predicted molar refractivity (Wildman–Crippen MR) is 86.5 cm³/mol. The molecule has 0 unspecified atom stereocenters. The fraction of sp³-hybridized carbons (Fsp3) is 0.938. The Bertz CT molecular complexity index is 258. The summed E-state index contributed by atoms with van der Waals surface area (Å²) in [7, 11) is 5.90. The summed E-state index contributed by atoms with van der Waals surface area (Å²) >= 11 is 0. The molecule has 0 saturated heterocycles. The van der Waals surface area contributed by atoms with Crippen molar-refractivity contribution in [1.29, 1.82) is 0 Å². The molecule has 0 aliphatic carbocycles. The van der Waals surface area contributed by atoms with Crippen molar-refractivity contribution in [2.45, 2.75) is 33.1 Å². The zero-order valence-corrected chi connectivity index (χ0v) is 14.6. The van der Waals surface area contributed by atoms with E-state index in [1.54, 1.807) is 4.90 Å². The molecular weight excluding hydrogens is 268 g/mol. The number of ether oxygens (including phenoxy) is 2. The summed E-state index contributed by atoms with van der Waals surface area (Å²) in [6, 6.07) is 0. The Kier molecular flexibility index (Phi) is 12.6. The van der Waals surface area contributed by atoms with Crippen LogP contribution in [0.25, 0.3) is 0 Å². The molecule has 0 aliphatic heterocycles.